The molecule has 2 heterocycles. The van der Waals surface area contributed by atoms with Crippen molar-refractivity contribution in [2.24, 2.45) is 11.8 Å². The van der Waals surface area contributed by atoms with Gasteiger partial charge < -0.3 is 10.2 Å². The molecule has 2 aliphatic rings. The SMILES string of the molecule is C=CC1CCCC(C2CCN(C=C)C2=O)NC1=O. The molecule has 0 bridgehead atoms. The van der Waals surface area contributed by atoms with E-state index in [1.165, 1.54) is 0 Å². The molecule has 2 rings (SSSR count). The van der Waals surface area contributed by atoms with E-state index in [9.17, 15) is 9.59 Å². The van der Waals surface area contributed by atoms with Gasteiger partial charge in [-0.15, -0.1) is 6.58 Å². The van der Waals surface area contributed by atoms with Crippen LogP contribution in [0.3, 0.4) is 0 Å². The fourth-order valence-corrected chi connectivity index (χ4v) is 2.86. The van der Waals surface area contributed by atoms with Crippen LogP contribution in [0, 0.1) is 11.8 Å². The second-order valence-corrected chi connectivity index (χ2v) is 5.00. The molecule has 0 spiro atoms. The predicted molar refractivity (Wildman–Crippen MR) is 69.5 cm³/mol. The Labute approximate surface area is 108 Å². The highest BCUT2D eigenvalue weighted by atomic mass is 16.2. The summed E-state index contributed by atoms with van der Waals surface area (Å²) in [6.45, 7) is 8.04. The summed E-state index contributed by atoms with van der Waals surface area (Å²) in [6, 6.07) is -0.0279. The van der Waals surface area contributed by atoms with Gasteiger partial charge in [-0.25, -0.2) is 0 Å². The summed E-state index contributed by atoms with van der Waals surface area (Å²) in [5.74, 6) is -0.0952. The smallest absolute Gasteiger partial charge is 0.231 e. The van der Waals surface area contributed by atoms with Gasteiger partial charge in [0.25, 0.3) is 0 Å². The van der Waals surface area contributed by atoms with E-state index in [2.05, 4.69) is 18.5 Å². The van der Waals surface area contributed by atoms with E-state index in [-0.39, 0.29) is 29.7 Å². The molecule has 4 heteroatoms. The maximum atomic E-state index is 12.1. The molecule has 0 aromatic carbocycles. The molecule has 18 heavy (non-hydrogen) atoms. The van der Waals surface area contributed by atoms with Crippen LogP contribution in [0.4, 0.5) is 0 Å². The van der Waals surface area contributed by atoms with Crippen LogP contribution in [-0.4, -0.2) is 29.3 Å². The molecule has 0 aromatic heterocycles. The summed E-state index contributed by atoms with van der Waals surface area (Å²) in [5.41, 5.74) is 0. The lowest BCUT2D eigenvalue weighted by Gasteiger charge is -2.22. The van der Waals surface area contributed by atoms with Crippen LogP contribution in [0.1, 0.15) is 25.7 Å². The third kappa shape index (κ3) is 2.33. The van der Waals surface area contributed by atoms with Crippen LogP contribution in [0.5, 0.6) is 0 Å². The van der Waals surface area contributed by atoms with Crippen molar-refractivity contribution in [2.75, 3.05) is 6.54 Å². The first-order chi connectivity index (χ1) is 8.67. The van der Waals surface area contributed by atoms with Crippen LogP contribution in [0.25, 0.3) is 0 Å². The normalized spacial score (nSPS) is 32.9. The zero-order valence-electron chi connectivity index (χ0n) is 10.6. The highest BCUT2D eigenvalue weighted by Gasteiger charge is 2.38. The van der Waals surface area contributed by atoms with Crippen molar-refractivity contribution in [3.8, 4) is 0 Å². The lowest BCUT2D eigenvalue weighted by Crippen LogP contribution is -2.43. The van der Waals surface area contributed by atoms with E-state index in [4.69, 9.17) is 0 Å². The number of hydrogen-bond donors (Lipinski definition) is 1. The quantitative estimate of drug-likeness (QED) is 0.768. The van der Waals surface area contributed by atoms with Crippen LogP contribution in [-0.2, 0) is 9.59 Å². The van der Waals surface area contributed by atoms with E-state index < -0.39 is 0 Å². The zero-order valence-corrected chi connectivity index (χ0v) is 10.6. The summed E-state index contributed by atoms with van der Waals surface area (Å²) < 4.78 is 0. The zero-order chi connectivity index (χ0) is 13.1. The first-order valence-corrected chi connectivity index (χ1v) is 6.53. The number of hydrogen-bond acceptors (Lipinski definition) is 2. The lowest BCUT2D eigenvalue weighted by molar-refractivity contribution is -0.130. The molecular weight excluding hydrogens is 228 g/mol. The van der Waals surface area contributed by atoms with Gasteiger partial charge in [0.1, 0.15) is 0 Å². The average Bonchev–Trinajstić information content (AvgIpc) is 2.63. The van der Waals surface area contributed by atoms with Gasteiger partial charge in [0.15, 0.2) is 0 Å². The van der Waals surface area contributed by atoms with Crippen LogP contribution in [0.15, 0.2) is 25.4 Å². The number of carbonyl (C=O) groups excluding carboxylic acids is 2. The minimum Gasteiger partial charge on any atom is -0.352 e. The first-order valence-electron chi connectivity index (χ1n) is 6.53. The number of rotatable bonds is 3. The number of amides is 2. The van der Waals surface area contributed by atoms with Gasteiger partial charge in [-0.3, -0.25) is 9.59 Å². The Morgan fingerprint density at radius 2 is 2.00 bits per heavy atom. The summed E-state index contributed by atoms with van der Waals surface area (Å²) >= 11 is 0. The lowest BCUT2D eigenvalue weighted by atomic mass is 9.94. The van der Waals surface area contributed by atoms with Crippen LogP contribution >= 0.6 is 0 Å². The van der Waals surface area contributed by atoms with Gasteiger partial charge in [0, 0.05) is 12.6 Å². The summed E-state index contributed by atoms with van der Waals surface area (Å²) in [7, 11) is 0. The molecule has 4 nitrogen and oxygen atoms in total. The van der Waals surface area contributed by atoms with Crippen molar-refractivity contribution < 1.29 is 9.59 Å². The Morgan fingerprint density at radius 3 is 2.61 bits per heavy atom. The minimum absolute atomic E-state index is 0.0114. The molecular formula is C14H20N2O2. The molecule has 0 aliphatic carbocycles. The molecule has 3 atom stereocenters. The summed E-state index contributed by atoms with van der Waals surface area (Å²) in [6.07, 6.45) is 6.74. The van der Waals surface area contributed by atoms with Gasteiger partial charge >= 0.3 is 0 Å². The first kappa shape index (κ1) is 12.9. The summed E-state index contributed by atoms with van der Waals surface area (Å²) in [5, 5.41) is 3.00. The van der Waals surface area contributed by atoms with Gasteiger partial charge in [-0.2, -0.15) is 0 Å². The Hall–Kier alpha value is -1.58. The fourth-order valence-electron chi connectivity index (χ4n) is 2.86. The third-order valence-corrected chi connectivity index (χ3v) is 3.97. The van der Waals surface area contributed by atoms with E-state index in [1.54, 1.807) is 17.2 Å². The van der Waals surface area contributed by atoms with E-state index in [1.807, 2.05) is 0 Å². The Bertz CT molecular complexity index is 378. The van der Waals surface area contributed by atoms with Crippen molar-refractivity contribution in [1.82, 2.24) is 10.2 Å². The highest BCUT2D eigenvalue weighted by molar-refractivity contribution is 5.85. The molecule has 2 saturated heterocycles. The second-order valence-electron chi connectivity index (χ2n) is 5.00. The van der Waals surface area contributed by atoms with Gasteiger partial charge in [-0.05, 0) is 25.5 Å². The number of nitrogens with zero attached hydrogens (tertiary/aromatic N) is 1. The van der Waals surface area contributed by atoms with Crippen molar-refractivity contribution in [1.29, 1.82) is 0 Å². The standard InChI is InChI=1S/C14H20N2O2/c1-3-10-6-5-7-12(15-13(10)17)11-8-9-16(4-2)14(11)18/h3-4,10-12H,1-2,5-9H2,(H,15,17). The van der Waals surface area contributed by atoms with E-state index in [0.717, 1.165) is 25.7 Å². The minimum atomic E-state index is -0.109. The van der Waals surface area contributed by atoms with E-state index in [0.29, 0.717) is 6.54 Å². The molecule has 2 amide bonds. The fraction of sp³-hybridized carbons (Fsp3) is 0.571. The molecule has 0 saturated carbocycles. The van der Waals surface area contributed by atoms with Gasteiger partial charge in [0.2, 0.25) is 11.8 Å². The molecule has 3 unspecified atom stereocenters. The highest BCUT2D eigenvalue weighted by Crippen LogP contribution is 2.27. The number of carbonyl (C=O) groups is 2. The van der Waals surface area contributed by atoms with Crippen molar-refractivity contribution in [3.63, 3.8) is 0 Å². The largest absolute Gasteiger partial charge is 0.352 e. The number of nitrogens with one attached hydrogen (secondary N) is 1. The molecule has 2 aliphatic heterocycles. The molecule has 1 N–H and O–H groups in total. The third-order valence-electron chi connectivity index (χ3n) is 3.97. The maximum absolute atomic E-state index is 12.1. The maximum Gasteiger partial charge on any atom is 0.231 e. The predicted octanol–water partition coefficient (Wildman–Crippen LogP) is 1.45. The van der Waals surface area contributed by atoms with Gasteiger partial charge in [-0.1, -0.05) is 19.1 Å². The topological polar surface area (TPSA) is 49.4 Å². The second kappa shape index (κ2) is 5.38. The molecule has 0 radical (unpaired) electrons. The Balaban J connectivity index is 2.06. The van der Waals surface area contributed by atoms with E-state index >= 15 is 0 Å². The van der Waals surface area contributed by atoms with Crippen molar-refractivity contribution in [2.45, 2.75) is 31.7 Å². The summed E-state index contributed by atoms with van der Waals surface area (Å²) in [4.78, 5) is 25.7. The van der Waals surface area contributed by atoms with Crippen LogP contribution in [0.2, 0.25) is 0 Å². The van der Waals surface area contributed by atoms with Crippen LogP contribution < -0.4 is 5.32 Å². The number of likely N-dealkylation sites (tertiary alicyclic amines) is 1. The van der Waals surface area contributed by atoms with Crippen molar-refractivity contribution in [3.05, 3.63) is 25.4 Å². The van der Waals surface area contributed by atoms with Gasteiger partial charge in [0.05, 0.1) is 11.8 Å². The molecule has 2 fully saturated rings. The Morgan fingerprint density at radius 1 is 1.22 bits per heavy atom. The average molecular weight is 248 g/mol. The molecule has 0 aromatic rings. The monoisotopic (exact) mass is 248 g/mol. The molecule has 98 valence electrons. The van der Waals surface area contributed by atoms with Crippen molar-refractivity contribution >= 4 is 11.8 Å². The Kier molecular flexibility index (Phi) is 3.84.